The number of nitrogens with two attached hydrogens (primary N) is 2. The van der Waals surface area contributed by atoms with Gasteiger partial charge >= 0.3 is 0 Å². The topological polar surface area (TPSA) is 109 Å². The van der Waals surface area contributed by atoms with Gasteiger partial charge in [0.25, 0.3) is 0 Å². The number of rotatable bonds is 5. The zero-order valence-electron chi connectivity index (χ0n) is 14.8. The Morgan fingerprint density at radius 2 is 1.54 bits per heavy atom. The minimum atomic E-state index is 0.285. The maximum atomic E-state index is 6.08. The van der Waals surface area contributed by atoms with E-state index in [1.54, 1.807) is 36.5 Å². The van der Waals surface area contributed by atoms with Gasteiger partial charge in [-0.1, -0.05) is 24.3 Å². The van der Waals surface area contributed by atoms with Gasteiger partial charge in [0, 0.05) is 29.6 Å². The largest absolute Gasteiger partial charge is 0.439 e. The summed E-state index contributed by atoms with van der Waals surface area (Å²) in [7, 11) is 0. The van der Waals surface area contributed by atoms with Crippen molar-refractivity contribution in [2.45, 2.75) is 0 Å². The van der Waals surface area contributed by atoms with Crippen molar-refractivity contribution in [1.29, 1.82) is 0 Å². The number of ether oxygens (including phenoxy) is 2. The van der Waals surface area contributed by atoms with Gasteiger partial charge < -0.3 is 20.9 Å². The van der Waals surface area contributed by atoms with Crippen LogP contribution in [0.25, 0.3) is 11.1 Å². The second kappa shape index (κ2) is 7.63. The SMILES string of the molecule is Nc1cccc(Oc2ncnc(N)c2-c2ccc(Oc3ccccc3)nc2)c1. The number of pyridine rings is 1. The lowest BCUT2D eigenvalue weighted by Gasteiger charge is -2.12. The summed E-state index contributed by atoms with van der Waals surface area (Å²) in [5, 5.41) is 0. The van der Waals surface area contributed by atoms with E-state index in [-0.39, 0.29) is 5.82 Å². The van der Waals surface area contributed by atoms with Gasteiger partial charge in [-0.2, -0.15) is 0 Å². The highest BCUT2D eigenvalue weighted by molar-refractivity contribution is 5.78. The van der Waals surface area contributed by atoms with Crippen LogP contribution in [-0.4, -0.2) is 15.0 Å². The first-order chi connectivity index (χ1) is 13.7. The van der Waals surface area contributed by atoms with Gasteiger partial charge in [-0.15, -0.1) is 0 Å². The summed E-state index contributed by atoms with van der Waals surface area (Å²) in [6.07, 6.45) is 2.99. The fraction of sp³-hybridized carbons (Fsp3) is 0. The lowest BCUT2D eigenvalue weighted by Crippen LogP contribution is -2.00. The Morgan fingerprint density at radius 1 is 0.714 bits per heavy atom. The second-order valence-corrected chi connectivity index (χ2v) is 5.91. The molecule has 0 bridgehead atoms. The minimum absolute atomic E-state index is 0.285. The number of hydrogen-bond donors (Lipinski definition) is 2. The monoisotopic (exact) mass is 371 g/mol. The van der Waals surface area contributed by atoms with E-state index in [0.717, 1.165) is 0 Å². The van der Waals surface area contributed by atoms with Crippen molar-refractivity contribution in [3.05, 3.63) is 79.3 Å². The van der Waals surface area contributed by atoms with Gasteiger partial charge in [0.15, 0.2) is 0 Å². The van der Waals surface area contributed by atoms with Crippen LogP contribution >= 0.6 is 0 Å². The van der Waals surface area contributed by atoms with Gasteiger partial charge in [0.2, 0.25) is 11.8 Å². The molecule has 0 unspecified atom stereocenters. The third-order valence-corrected chi connectivity index (χ3v) is 3.91. The average Bonchev–Trinajstić information content (AvgIpc) is 2.70. The molecule has 0 atom stereocenters. The third-order valence-electron chi connectivity index (χ3n) is 3.91. The standard InChI is InChI=1S/C21H17N5O2/c22-15-5-4-8-17(11-15)28-21-19(20(23)25-13-26-21)14-9-10-18(24-12-14)27-16-6-2-1-3-7-16/h1-13H,22H2,(H2,23,25,26). The van der Waals surface area contributed by atoms with Gasteiger partial charge in [-0.05, 0) is 30.3 Å². The first-order valence-electron chi connectivity index (χ1n) is 8.52. The molecule has 4 aromatic rings. The molecule has 0 aliphatic heterocycles. The first kappa shape index (κ1) is 17.3. The molecule has 28 heavy (non-hydrogen) atoms. The third kappa shape index (κ3) is 3.83. The zero-order valence-corrected chi connectivity index (χ0v) is 14.8. The summed E-state index contributed by atoms with van der Waals surface area (Å²) in [5.74, 6) is 2.32. The maximum absolute atomic E-state index is 6.08. The van der Waals surface area contributed by atoms with E-state index in [2.05, 4.69) is 15.0 Å². The number of benzene rings is 2. The summed E-state index contributed by atoms with van der Waals surface area (Å²) in [6.45, 7) is 0. The molecule has 2 aromatic heterocycles. The Balaban J connectivity index is 1.63. The van der Waals surface area contributed by atoms with Crippen LogP contribution in [0.5, 0.6) is 23.3 Å². The molecule has 0 aliphatic carbocycles. The summed E-state index contributed by atoms with van der Waals surface area (Å²) in [5.41, 5.74) is 13.7. The molecule has 0 radical (unpaired) electrons. The number of nitrogen functional groups attached to an aromatic ring is 2. The van der Waals surface area contributed by atoms with Crippen molar-refractivity contribution < 1.29 is 9.47 Å². The smallest absolute Gasteiger partial charge is 0.232 e. The van der Waals surface area contributed by atoms with E-state index in [9.17, 15) is 0 Å². The lowest BCUT2D eigenvalue weighted by molar-refractivity contribution is 0.461. The molecular weight excluding hydrogens is 354 g/mol. The van der Waals surface area contributed by atoms with Crippen LogP contribution in [0.1, 0.15) is 0 Å². The van der Waals surface area contributed by atoms with Gasteiger partial charge in [0.1, 0.15) is 23.6 Å². The maximum Gasteiger partial charge on any atom is 0.232 e. The van der Waals surface area contributed by atoms with Crippen LogP contribution in [0, 0.1) is 0 Å². The summed E-state index contributed by atoms with van der Waals surface area (Å²) < 4.78 is 11.6. The summed E-state index contributed by atoms with van der Waals surface area (Å²) >= 11 is 0. The number of para-hydroxylation sites is 1. The molecule has 2 heterocycles. The fourth-order valence-electron chi connectivity index (χ4n) is 2.62. The van der Waals surface area contributed by atoms with E-state index in [0.29, 0.717) is 40.1 Å². The molecule has 7 heteroatoms. The molecule has 0 saturated heterocycles. The highest BCUT2D eigenvalue weighted by atomic mass is 16.5. The van der Waals surface area contributed by atoms with Crippen LogP contribution in [-0.2, 0) is 0 Å². The molecular formula is C21H17N5O2. The van der Waals surface area contributed by atoms with Crippen molar-refractivity contribution in [3.63, 3.8) is 0 Å². The van der Waals surface area contributed by atoms with Crippen molar-refractivity contribution in [1.82, 2.24) is 15.0 Å². The Kier molecular flexibility index (Phi) is 4.71. The number of anilines is 2. The molecule has 4 N–H and O–H groups in total. The van der Waals surface area contributed by atoms with E-state index in [1.165, 1.54) is 6.33 Å². The molecule has 0 fully saturated rings. The molecule has 2 aromatic carbocycles. The van der Waals surface area contributed by atoms with Gasteiger partial charge in [-0.25, -0.2) is 15.0 Å². The molecule has 0 saturated carbocycles. The van der Waals surface area contributed by atoms with Crippen LogP contribution in [0.4, 0.5) is 11.5 Å². The van der Waals surface area contributed by atoms with E-state index in [4.69, 9.17) is 20.9 Å². The molecule has 4 rings (SSSR count). The van der Waals surface area contributed by atoms with Crippen LogP contribution in [0.15, 0.2) is 79.3 Å². The summed E-state index contributed by atoms with van der Waals surface area (Å²) in [4.78, 5) is 12.6. The highest BCUT2D eigenvalue weighted by Crippen LogP contribution is 2.35. The predicted octanol–water partition coefficient (Wildman–Crippen LogP) is 4.29. The molecule has 138 valence electrons. The van der Waals surface area contributed by atoms with Crippen molar-refractivity contribution >= 4 is 11.5 Å². The first-order valence-corrected chi connectivity index (χ1v) is 8.52. The van der Waals surface area contributed by atoms with Crippen molar-refractivity contribution in [2.75, 3.05) is 11.5 Å². The van der Waals surface area contributed by atoms with E-state index in [1.807, 2.05) is 36.4 Å². The van der Waals surface area contributed by atoms with Gasteiger partial charge in [-0.3, -0.25) is 0 Å². The molecule has 0 aliphatic rings. The molecule has 0 spiro atoms. The number of aromatic nitrogens is 3. The van der Waals surface area contributed by atoms with Crippen LogP contribution in [0.2, 0.25) is 0 Å². The normalized spacial score (nSPS) is 10.4. The second-order valence-electron chi connectivity index (χ2n) is 5.91. The highest BCUT2D eigenvalue weighted by Gasteiger charge is 2.15. The molecule has 7 nitrogen and oxygen atoms in total. The van der Waals surface area contributed by atoms with Crippen molar-refractivity contribution in [3.8, 4) is 34.4 Å². The van der Waals surface area contributed by atoms with Crippen LogP contribution < -0.4 is 20.9 Å². The number of nitrogens with zero attached hydrogens (tertiary/aromatic N) is 3. The average molecular weight is 371 g/mol. The quantitative estimate of drug-likeness (QED) is 0.504. The molecule has 0 amide bonds. The van der Waals surface area contributed by atoms with E-state index >= 15 is 0 Å². The zero-order chi connectivity index (χ0) is 19.3. The lowest BCUT2D eigenvalue weighted by atomic mass is 10.1. The van der Waals surface area contributed by atoms with Crippen molar-refractivity contribution in [2.24, 2.45) is 0 Å². The minimum Gasteiger partial charge on any atom is -0.439 e. The Morgan fingerprint density at radius 3 is 2.29 bits per heavy atom. The summed E-state index contributed by atoms with van der Waals surface area (Å²) in [6, 6.07) is 20.1. The van der Waals surface area contributed by atoms with Crippen LogP contribution in [0.3, 0.4) is 0 Å². The number of hydrogen-bond acceptors (Lipinski definition) is 7. The Hall–Kier alpha value is -4.13. The Labute approximate surface area is 161 Å². The fourth-order valence-corrected chi connectivity index (χ4v) is 2.62. The van der Waals surface area contributed by atoms with Gasteiger partial charge in [0.05, 0.1) is 5.56 Å². The predicted molar refractivity (Wildman–Crippen MR) is 107 cm³/mol. The van der Waals surface area contributed by atoms with E-state index < -0.39 is 0 Å². The Bertz CT molecular complexity index is 1090.